The van der Waals surface area contributed by atoms with E-state index in [4.69, 9.17) is 11.6 Å². The lowest BCUT2D eigenvalue weighted by atomic mass is 10.2. The molecule has 1 aromatic rings. The standard InChI is InChI=1S/C11H12ClNOS/c1-13-11(14)10(12)8-15-7-9-5-3-2-4-6-9/h2-6,8H,7H2,1H3,(H,13,14)/b10-8-. The normalized spacial score (nSPS) is 11.2. The molecule has 0 saturated carbocycles. The molecule has 15 heavy (non-hydrogen) atoms. The van der Waals surface area contributed by atoms with Crippen molar-refractivity contribution in [2.24, 2.45) is 0 Å². The molecule has 2 nitrogen and oxygen atoms in total. The van der Waals surface area contributed by atoms with Crippen LogP contribution in [0, 0.1) is 0 Å². The van der Waals surface area contributed by atoms with Crippen molar-refractivity contribution < 1.29 is 4.79 Å². The summed E-state index contributed by atoms with van der Waals surface area (Å²) < 4.78 is 0. The minimum atomic E-state index is -0.253. The molecule has 0 bridgehead atoms. The highest BCUT2D eigenvalue weighted by atomic mass is 35.5. The van der Waals surface area contributed by atoms with Crippen molar-refractivity contribution in [1.29, 1.82) is 0 Å². The molecule has 0 aliphatic rings. The minimum absolute atomic E-state index is 0.221. The van der Waals surface area contributed by atoms with E-state index in [1.807, 2.05) is 30.3 Å². The topological polar surface area (TPSA) is 29.1 Å². The van der Waals surface area contributed by atoms with E-state index >= 15 is 0 Å². The van der Waals surface area contributed by atoms with Crippen LogP contribution in [-0.4, -0.2) is 13.0 Å². The molecule has 1 amide bonds. The summed E-state index contributed by atoms with van der Waals surface area (Å²) in [5.74, 6) is 0.561. The number of carbonyl (C=O) groups excluding carboxylic acids is 1. The molecule has 0 heterocycles. The van der Waals surface area contributed by atoms with Crippen molar-refractivity contribution in [1.82, 2.24) is 5.32 Å². The van der Waals surface area contributed by atoms with E-state index in [9.17, 15) is 4.79 Å². The monoisotopic (exact) mass is 241 g/mol. The number of likely N-dealkylation sites (N-methyl/N-ethyl adjacent to an activating group) is 1. The van der Waals surface area contributed by atoms with Gasteiger partial charge in [-0.3, -0.25) is 4.79 Å². The molecule has 1 aromatic carbocycles. The second-order valence-corrected chi connectivity index (χ2v) is 4.11. The zero-order chi connectivity index (χ0) is 11.1. The Morgan fingerprint density at radius 1 is 1.47 bits per heavy atom. The summed E-state index contributed by atoms with van der Waals surface area (Å²) in [6.07, 6.45) is 0. The summed E-state index contributed by atoms with van der Waals surface area (Å²) in [7, 11) is 1.56. The molecular formula is C11H12ClNOS. The van der Waals surface area contributed by atoms with Crippen molar-refractivity contribution in [2.45, 2.75) is 5.75 Å². The first-order chi connectivity index (χ1) is 7.24. The second kappa shape index (κ2) is 6.53. The van der Waals surface area contributed by atoms with Crippen LogP contribution in [0.1, 0.15) is 5.56 Å². The van der Waals surface area contributed by atoms with Crippen LogP contribution in [0.2, 0.25) is 0 Å². The van der Waals surface area contributed by atoms with Crippen LogP contribution in [0.4, 0.5) is 0 Å². The summed E-state index contributed by atoms with van der Waals surface area (Å²) >= 11 is 7.23. The molecule has 0 aliphatic carbocycles. The molecule has 1 N–H and O–H groups in total. The van der Waals surface area contributed by atoms with Gasteiger partial charge >= 0.3 is 0 Å². The molecule has 1 rings (SSSR count). The maximum absolute atomic E-state index is 11.0. The zero-order valence-corrected chi connectivity index (χ0v) is 9.94. The maximum Gasteiger partial charge on any atom is 0.263 e. The summed E-state index contributed by atoms with van der Waals surface area (Å²) in [5, 5.41) is 4.34. The average molecular weight is 242 g/mol. The van der Waals surface area contributed by atoms with Crippen LogP contribution in [0.5, 0.6) is 0 Å². The number of nitrogens with one attached hydrogen (secondary N) is 1. The van der Waals surface area contributed by atoms with E-state index in [1.165, 1.54) is 17.3 Å². The molecule has 4 heteroatoms. The number of hydrogen-bond donors (Lipinski definition) is 1. The molecule has 80 valence electrons. The number of halogens is 1. The Morgan fingerprint density at radius 3 is 2.73 bits per heavy atom. The lowest BCUT2D eigenvalue weighted by molar-refractivity contribution is -0.116. The molecule has 0 unspecified atom stereocenters. The van der Waals surface area contributed by atoms with E-state index in [0.29, 0.717) is 0 Å². The second-order valence-electron chi connectivity index (χ2n) is 2.84. The van der Waals surface area contributed by atoms with Crippen molar-refractivity contribution in [3.8, 4) is 0 Å². The highest BCUT2D eigenvalue weighted by Crippen LogP contribution is 2.16. The number of hydrogen-bond acceptors (Lipinski definition) is 2. The number of thioether (sulfide) groups is 1. The van der Waals surface area contributed by atoms with E-state index in [0.717, 1.165) is 5.75 Å². The van der Waals surface area contributed by atoms with Gasteiger partial charge in [-0.15, -0.1) is 11.8 Å². The van der Waals surface area contributed by atoms with Gasteiger partial charge in [0.2, 0.25) is 0 Å². The quantitative estimate of drug-likeness (QED) is 0.822. The molecule has 0 fully saturated rings. The minimum Gasteiger partial charge on any atom is -0.354 e. The van der Waals surface area contributed by atoms with E-state index < -0.39 is 0 Å². The maximum atomic E-state index is 11.0. The lowest BCUT2D eigenvalue weighted by Crippen LogP contribution is -2.17. The van der Waals surface area contributed by atoms with E-state index in [1.54, 1.807) is 12.5 Å². The van der Waals surface area contributed by atoms with Gasteiger partial charge in [0, 0.05) is 12.8 Å². The molecule has 0 radical (unpaired) electrons. The van der Waals surface area contributed by atoms with E-state index in [2.05, 4.69) is 5.32 Å². The number of benzene rings is 1. The van der Waals surface area contributed by atoms with Crippen molar-refractivity contribution in [3.63, 3.8) is 0 Å². The third-order valence-electron chi connectivity index (χ3n) is 1.72. The first kappa shape index (κ1) is 12.1. The van der Waals surface area contributed by atoms with Crippen molar-refractivity contribution in [2.75, 3.05) is 7.05 Å². The van der Waals surface area contributed by atoms with Crippen LogP contribution in [-0.2, 0) is 10.5 Å². The van der Waals surface area contributed by atoms with Crippen LogP contribution in [0.25, 0.3) is 0 Å². The summed E-state index contributed by atoms with van der Waals surface area (Å²) in [5.41, 5.74) is 1.21. The Hall–Kier alpha value is -0.930. The number of amides is 1. The van der Waals surface area contributed by atoms with Gasteiger partial charge in [-0.1, -0.05) is 41.9 Å². The highest BCUT2D eigenvalue weighted by molar-refractivity contribution is 8.01. The molecule has 0 atom stereocenters. The van der Waals surface area contributed by atoms with Gasteiger partial charge in [0.15, 0.2) is 0 Å². The predicted octanol–water partition coefficient (Wildman–Crippen LogP) is 2.75. The first-order valence-corrected chi connectivity index (χ1v) is 5.90. The first-order valence-electron chi connectivity index (χ1n) is 4.47. The molecular weight excluding hydrogens is 230 g/mol. The Morgan fingerprint density at radius 2 is 2.13 bits per heavy atom. The molecule has 0 saturated heterocycles. The summed E-state index contributed by atoms with van der Waals surface area (Å²) in [6.45, 7) is 0. The fraction of sp³-hybridized carbons (Fsp3) is 0.182. The van der Waals surface area contributed by atoms with Gasteiger partial charge in [-0.05, 0) is 11.0 Å². The van der Waals surface area contributed by atoms with Crippen LogP contribution in [0.3, 0.4) is 0 Å². The molecule has 0 aliphatic heterocycles. The Bertz CT molecular complexity index is 351. The van der Waals surface area contributed by atoms with Gasteiger partial charge in [-0.2, -0.15) is 0 Å². The molecule has 0 aromatic heterocycles. The third-order valence-corrected chi connectivity index (χ3v) is 3.04. The SMILES string of the molecule is CNC(=O)/C(Cl)=C/SCc1ccccc1. The Kier molecular flexibility index (Phi) is 5.29. The lowest BCUT2D eigenvalue weighted by Gasteiger charge is -1.98. The van der Waals surface area contributed by atoms with Crippen LogP contribution >= 0.6 is 23.4 Å². The Labute approximate surface area is 98.7 Å². The third kappa shape index (κ3) is 4.40. The van der Waals surface area contributed by atoms with Crippen molar-refractivity contribution >= 4 is 29.3 Å². The van der Waals surface area contributed by atoms with Gasteiger partial charge in [0.1, 0.15) is 5.03 Å². The summed E-state index contributed by atoms with van der Waals surface area (Å²) in [6, 6.07) is 10.0. The fourth-order valence-electron chi connectivity index (χ4n) is 0.958. The van der Waals surface area contributed by atoms with Crippen LogP contribution < -0.4 is 5.32 Å². The smallest absolute Gasteiger partial charge is 0.263 e. The predicted molar refractivity (Wildman–Crippen MR) is 65.7 cm³/mol. The highest BCUT2D eigenvalue weighted by Gasteiger charge is 2.02. The largest absolute Gasteiger partial charge is 0.354 e. The van der Waals surface area contributed by atoms with E-state index in [-0.39, 0.29) is 10.9 Å². The number of rotatable bonds is 4. The Balaban J connectivity index is 2.42. The molecule has 0 spiro atoms. The zero-order valence-electron chi connectivity index (χ0n) is 8.37. The van der Waals surface area contributed by atoms with Gasteiger partial charge in [0.25, 0.3) is 5.91 Å². The van der Waals surface area contributed by atoms with Gasteiger partial charge in [-0.25, -0.2) is 0 Å². The van der Waals surface area contributed by atoms with Gasteiger partial charge < -0.3 is 5.32 Å². The number of carbonyl (C=O) groups is 1. The average Bonchev–Trinajstić information content (AvgIpc) is 2.29. The summed E-state index contributed by atoms with van der Waals surface area (Å²) in [4.78, 5) is 11.0. The van der Waals surface area contributed by atoms with Gasteiger partial charge in [0.05, 0.1) is 0 Å². The van der Waals surface area contributed by atoms with Crippen LogP contribution in [0.15, 0.2) is 40.8 Å². The fourth-order valence-corrected chi connectivity index (χ4v) is 1.96. The van der Waals surface area contributed by atoms with Crippen molar-refractivity contribution in [3.05, 3.63) is 46.3 Å².